The lowest BCUT2D eigenvalue weighted by Crippen LogP contribution is -2.17. The number of carbonyl (C=O) groups excluding carboxylic acids is 1. The molecule has 1 amide bonds. The molecule has 0 aliphatic rings. The molecular formula is C23H21F3N2O4. The van der Waals surface area contributed by atoms with E-state index in [0.717, 1.165) is 11.8 Å². The Balaban J connectivity index is 1.69. The van der Waals surface area contributed by atoms with E-state index in [1.165, 1.54) is 30.3 Å². The number of hydrogen-bond donors (Lipinski definition) is 1. The van der Waals surface area contributed by atoms with E-state index in [1.54, 1.807) is 38.3 Å². The van der Waals surface area contributed by atoms with Crippen LogP contribution in [-0.4, -0.2) is 24.4 Å². The van der Waals surface area contributed by atoms with E-state index in [4.69, 9.17) is 9.47 Å². The van der Waals surface area contributed by atoms with E-state index in [9.17, 15) is 18.0 Å². The number of alkyl halides is 3. The van der Waals surface area contributed by atoms with Crippen molar-refractivity contribution in [2.24, 2.45) is 0 Å². The van der Waals surface area contributed by atoms with Crippen LogP contribution in [0.1, 0.15) is 34.8 Å². The van der Waals surface area contributed by atoms with Gasteiger partial charge in [-0.1, -0.05) is 12.1 Å². The van der Waals surface area contributed by atoms with Gasteiger partial charge in [-0.3, -0.25) is 9.78 Å². The molecule has 0 spiro atoms. The highest BCUT2D eigenvalue weighted by atomic mass is 19.4. The summed E-state index contributed by atoms with van der Waals surface area (Å²) in [6.45, 7) is 3.59. The van der Waals surface area contributed by atoms with Crippen molar-refractivity contribution < 1.29 is 32.2 Å². The molecule has 0 radical (unpaired) electrons. The van der Waals surface area contributed by atoms with Crippen LogP contribution in [0.4, 0.5) is 18.9 Å². The van der Waals surface area contributed by atoms with E-state index in [-0.39, 0.29) is 23.5 Å². The Labute approximate surface area is 183 Å². The number of ether oxygens (including phenoxy) is 3. The van der Waals surface area contributed by atoms with E-state index in [0.29, 0.717) is 16.9 Å². The summed E-state index contributed by atoms with van der Waals surface area (Å²) in [6, 6.07) is 15.1. The number of para-hydroxylation sites is 2. The zero-order valence-electron chi connectivity index (χ0n) is 17.6. The van der Waals surface area contributed by atoms with Gasteiger partial charge in [-0.05, 0) is 62.4 Å². The molecule has 1 heterocycles. The zero-order valence-corrected chi connectivity index (χ0v) is 17.6. The zero-order chi connectivity index (χ0) is 23.3. The van der Waals surface area contributed by atoms with Crippen molar-refractivity contribution in [1.82, 2.24) is 4.98 Å². The number of amides is 1. The minimum absolute atomic E-state index is 0.0892. The van der Waals surface area contributed by atoms with Gasteiger partial charge in [-0.15, -0.1) is 13.2 Å². The van der Waals surface area contributed by atoms with Gasteiger partial charge >= 0.3 is 6.36 Å². The first-order valence-corrected chi connectivity index (χ1v) is 9.60. The largest absolute Gasteiger partial charge is 0.573 e. The summed E-state index contributed by atoms with van der Waals surface area (Å²) in [5.74, 6) is -0.610. The molecule has 1 atom stereocenters. The Morgan fingerprint density at radius 3 is 2.25 bits per heavy atom. The minimum Gasteiger partial charge on any atom is -0.453 e. The fourth-order valence-electron chi connectivity index (χ4n) is 2.84. The highest BCUT2D eigenvalue weighted by Gasteiger charge is 2.32. The van der Waals surface area contributed by atoms with E-state index in [2.05, 4.69) is 15.0 Å². The van der Waals surface area contributed by atoms with Gasteiger partial charge in [0.05, 0.1) is 23.1 Å². The Morgan fingerprint density at radius 2 is 1.66 bits per heavy atom. The second-order valence-corrected chi connectivity index (χ2v) is 6.82. The molecule has 0 saturated heterocycles. The number of nitrogens with zero attached hydrogens (tertiary/aromatic N) is 1. The van der Waals surface area contributed by atoms with Crippen molar-refractivity contribution >= 4 is 11.6 Å². The Kier molecular flexibility index (Phi) is 6.99. The van der Waals surface area contributed by atoms with Crippen molar-refractivity contribution in [2.45, 2.75) is 26.3 Å². The number of pyridine rings is 1. The SMILES string of the molecule is COC(C)c1ccc(C(=O)Nc2ccc(Oc3ccccc3OC(F)(F)F)cc2)c(C)n1. The molecule has 1 N–H and O–H groups in total. The van der Waals surface area contributed by atoms with Crippen molar-refractivity contribution in [1.29, 1.82) is 0 Å². The highest BCUT2D eigenvalue weighted by Crippen LogP contribution is 2.35. The molecule has 9 heteroatoms. The predicted octanol–water partition coefficient (Wildman–Crippen LogP) is 6.04. The third kappa shape index (κ3) is 5.98. The lowest BCUT2D eigenvalue weighted by atomic mass is 10.1. The number of methoxy groups -OCH3 is 1. The lowest BCUT2D eigenvalue weighted by molar-refractivity contribution is -0.275. The molecule has 2 aromatic carbocycles. The smallest absolute Gasteiger partial charge is 0.453 e. The first-order chi connectivity index (χ1) is 15.2. The molecular weight excluding hydrogens is 425 g/mol. The maximum Gasteiger partial charge on any atom is 0.573 e. The van der Waals surface area contributed by atoms with Gasteiger partial charge in [0.1, 0.15) is 5.75 Å². The normalized spacial score (nSPS) is 12.2. The van der Waals surface area contributed by atoms with Gasteiger partial charge in [0, 0.05) is 12.8 Å². The third-order valence-electron chi connectivity index (χ3n) is 4.54. The van der Waals surface area contributed by atoms with Gasteiger partial charge in [0.2, 0.25) is 0 Å². The molecule has 32 heavy (non-hydrogen) atoms. The number of rotatable bonds is 7. The second-order valence-electron chi connectivity index (χ2n) is 6.82. The van der Waals surface area contributed by atoms with Crippen molar-refractivity contribution in [3.05, 3.63) is 77.6 Å². The van der Waals surface area contributed by atoms with Crippen LogP contribution in [0.15, 0.2) is 60.7 Å². The lowest BCUT2D eigenvalue weighted by Gasteiger charge is -2.14. The molecule has 3 rings (SSSR count). The summed E-state index contributed by atoms with van der Waals surface area (Å²) < 4.78 is 52.4. The number of anilines is 1. The molecule has 0 aliphatic carbocycles. The predicted molar refractivity (Wildman–Crippen MR) is 112 cm³/mol. The fraction of sp³-hybridized carbons (Fsp3) is 0.217. The van der Waals surface area contributed by atoms with Crippen LogP contribution in [0, 0.1) is 6.92 Å². The summed E-state index contributed by atoms with van der Waals surface area (Å²) in [4.78, 5) is 17.0. The molecule has 6 nitrogen and oxygen atoms in total. The Hall–Kier alpha value is -3.59. The average Bonchev–Trinajstić information content (AvgIpc) is 2.74. The number of nitrogens with one attached hydrogen (secondary N) is 1. The van der Waals surface area contributed by atoms with Crippen LogP contribution in [-0.2, 0) is 4.74 Å². The summed E-state index contributed by atoms with van der Waals surface area (Å²) in [5, 5.41) is 2.76. The molecule has 1 unspecified atom stereocenters. The average molecular weight is 446 g/mol. The van der Waals surface area contributed by atoms with E-state index in [1.807, 2.05) is 6.92 Å². The van der Waals surface area contributed by atoms with Crippen molar-refractivity contribution in [3.8, 4) is 17.2 Å². The van der Waals surface area contributed by atoms with Crippen LogP contribution in [0.2, 0.25) is 0 Å². The summed E-state index contributed by atoms with van der Waals surface area (Å²) in [7, 11) is 1.58. The molecule has 3 aromatic rings. The summed E-state index contributed by atoms with van der Waals surface area (Å²) in [6.07, 6.45) is -5.02. The van der Waals surface area contributed by atoms with Crippen LogP contribution in [0.5, 0.6) is 17.2 Å². The quantitative estimate of drug-likeness (QED) is 0.479. The van der Waals surface area contributed by atoms with Crippen LogP contribution in [0.25, 0.3) is 0 Å². The third-order valence-corrected chi connectivity index (χ3v) is 4.54. The van der Waals surface area contributed by atoms with Gasteiger partial charge in [0.25, 0.3) is 5.91 Å². The molecule has 0 bridgehead atoms. The monoisotopic (exact) mass is 446 g/mol. The van der Waals surface area contributed by atoms with Gasteiger partial charge < -0.3 is 19.5 Å². The number of carbonyl (C=O) groups is 1. The topological polar surface area (TPSA) is 69.7 Å². The van der Waals surface area contributed by atoms with Crippen LogP contribution in [0.3, 0.4) is 0 Å². The number of hydrogen-bond acceptors (Lipinski definition) is 5. The second kappa shape index (κ2) is 9.69. The Morgan fingerprint density at radius 1 is 1.00 bits per heavy atom. The van der Waals surface area contributed by atoms with E-state index >= 15 is 0 Å². The first kappa shape index (κ1) is 23.1. The van der Waals surface area contributed by atoms with Gasteiger partial charge in [-0.25, -0.2) is 0 Å². The fourth-order valence-corrected chi connectivity index (χ4v) is 2.84. The van der Waals surface area contributed by atoms with Crippen LogP contribution < -0.4 is 14.8 Å². The van der Waals surface area contributed by atoms with Crippen molar-refractivity contribution in [2.75, 3.05) is 12.4 Å². The Bertz CT molecular complexity index is 1090. The minimum atomic E-state index is -4.83. The number of benzene rings is 2. The first-order valence-electron chi connectivity index (χ1n) is 9.60. The number of aryl methyl sites for hydroxylation is 1. The maximum atomic E-state index is 12.6. The molecule has 0 saturated carbocycles. The molecule has 0 aliphatic heterocycles. The van der Waals surface area contributed by atoms with Crippen LogP contribution >= 0.6 is 0 Å². The summed E-state index contributed by atoms with van der Waals surface area (Å²) in [5.41, 5.74) is 2.18. The van der Waals surface area contributed by atoms with Crippen molar-refractivity contribution in [3.63, 3.8) is 0 Å². The maximum absolute atomic E-state index is 12.6. The van der Waals surface area contributed by atoms with E-state index < -0.39 is 12.1 Å². The molecule has 1 aromatic heterocycles. The summed E-state index contributed by atoms with van der Waals surface area (Å²) >= 11 is 0. The number of aromatic nitrogens is 1. The molecule has 0 fully saturated rings. The van der Waals surface area contributed by atoms with Gasteiger partial charge in [0.15, 0.2) is 11.5 Å². The molecule has 168 valence electrons. The van der Waals surface area contributed by atoms with Gasteiger partial charge in [-0.2, -0.15) is 0 Å². The number of halogens is 3. The standard InChI is InChI=1S/C23H21F3N2O4/c1-14-18(12-13-19(27-14)15(2)30-3)22(29)28-16-8-10-17(11-9-16)31-20-6-4-5-7-21(20)32-23(24,25)26/h4-13,15H,1-3H3,(H,28,29). The highest BCUT2D eigenvalue weighted by molar-refractivity contribution is 6.05.